The van der Waals surface area contributed by atoms with E-state index in [1.54, 1.807) is 4.90 Å². The number of anilines is 1. The van der Waals surface area contributed by atoms with Crippen LogP contribution in [0.15, 0.2) is 6.20 Å². The smallest absolute Gasteiger partial charge is 0.225 e. The molecule has 2 aromatic heterocycles. The molecular formula is C13H12Cl2F2N4O. The van der Waals surface area contributed by atoms with Gasteiger partial charge in [0.2, 0.25) is 5.28 Å². The SMILES string of the molecule is OC1(CF)CCCN(c2nc(Cl)nc3c(F)c(Cl)ncc23)C1. The van der Waals surface area contributed by atoms with Crippen LogP contribution in [0.3, 0.4) is 0 Å². The lowest BCUT2D eigenvalue weighted by Gasteiger charge is -2.38. The Balaban J connectivity index is 2.12. The highest BCUT2D eigenvalue weighted by atomic mass is 35.5. The maximum absolute atomic E-state index is 14.1. The van der Waals surface area contributed by atoms with Gasteiger partial charge in [0, 0.05) is 12.7 Å². The van der Waals surface area contributed by atoms with Crippen molar-refractivity contribution in [3.63, 3.8) is 0 Å². The Morgan fingerprint density at radius 3 is 2.86 bits per heavy atom. The molecule has 1 N–H and O–H groups in total. The number of rotatable bonds is 2. The molecule has 118 valence electrons. The number of halogens is 4. The number of piperidine rings is 1. The molecule has 1 unspecified atom stereocenters. The summed E-state index contributed by atoms with van der Waals surface area (Å²) in [5.41, 5.74) is -1.50. The van der Waals surface area contributed by atoms with Crippen LogP contribution in [0.25, 0.3) is 10.9 Å². The zero-order valence-electron chi connectivity index (χ0n) is 11.4. The molecule has 0 spiro atoms. The minimum atomic E-state index is -1.44. The maximum atomic E-state index is 14.1. The second-order valence-corrected chi connectivity index (χ2v) is 6.02. The summed E-state index contributed by atoms with van der Waals surface area (Å²) in [4.78, 5) is 13.3. The van der Waals surface area contributed by atoms with E-state index in [-0.39, 0.29) is 22.5 Å². The summed E-state index contributed by atoms with van der Waals surface area (Å²) in [6.45, 7) is -0.288. The van der Waals surface area contributed by atoms with Gasteiger partial charge in [-0.1, -0.05) is 11.6 Å². The third-order valence-electron chi connectivity index (χ3n) is 3.70. The van der Waals surface area contributed by atoms with E-state index in [1.165, 1.54) is 6.20 Å². The van der Waals surface area contributed by atoms with Gasteiger partial charge in [-0.05, 0) is 24.4 Å². The Morgan fingerprint density at radius 2 is 2.14 bits per heavy atom. The number of hydrogen-bond acceptors (Lipinski definition) is 5. The van der Waals surface area contributed by atoms with Crippen LogP contribution in [-0.2, 0) is 0 Å². The fourth-order valence-electron chi connectivity index (χ4n) is 2.64. The summed E-state index contributed by atoms with van der Waals surface area (Å²) in [5, 5.41) is 9.99. The van der Waals surface area contributed by atoms with E-state index < -0.39 is 18.1 Å². The largest absolute Gasteiger partial charge is 0.385 e. The molecule has 1 atom stereocenters. The number of fused-ring (bicyclic) bond motifs is 1. The highest BCUT2D eigenvalue weighted by Gasteiger charge is 2.35. The van der Waals surface area contributed by atoms with Gasteiger partial charge in [0.25, 0.3) is 0 Å². The van der Waals surface area contributed by atoms with Crippen molar-refractivity contribution in [2.75, 3.05) is 24.7 Å². The zero-order valence-corrected chi connectivity index (χ0v) is 12.9. The Labute approximate surface area is 134 Å². The number of pyridine rings is 1. The van der Waals surface area contributed by atoms with Crippen molar-refractivity contribution in [3.8, 4) is 0 Å². The van der Waals surface area contributed by atoms with Gasteiger partial charge >= 0.3 is 0 Å². The molecule has 0 aliphatic carbocycles. The Morgan fingerprint density at radius 1 is 1.36 bits per heavy atom. The predicted molar refractivity (Wildman–Crippen MR) is 79.7 cm³/mol. The first-order chi connectivity index (χ1) is 10.4. The lowest BCUT2D eigenvalue weighted by Crippen LogP contribution is -2.50. The van der Waals surface area contributed by atoms with Crippen LogP contribution in [0.5, 0.6) is 0 Å². The Bertz CT molecular complexity index is 733. The normalized spacial score (nSPS) is 22.3. The van der Waals surface area contributed by atoms with E-state index >= 15 is 0 Å². The van der Waals surface area contributed by atoms with Crippen molar-refractivity contribution in [3.05, 3.63) is 22.5 Å². The van der Waals surface area contributed by atoms with Crippen LogP contribution >= 0.6 is 23.2 Å². The minimum Gasteiger partial charge on any atom is -0.385 e. The zero-order chi connectivity index (χ0) is 15.9. The molecule has 0 radical (unpaired) electrons. The fraction of sp³-hybridized carbons (Fsp3) is 0.462. The van der Waals surface area contributed by atoms with Gasteiger partial charge in [0.15, 0.2) is 11.0 Å². The van der Waals surface area contributed by atoms with E-state index in [0.29, 0.717) is 30.6 Å². The quantitative estimate of drug-likeness (QED) is 0.667. The van der Waals surface area contributed by atoms with Crippen LogP contribution < -0.4 is 4.90 Å². The molecular weight excluding hydrogens is 337 g/mol. The van der Waals surface area contributed by atoms with Crippen LogP contribution in [-0.4, -0.2) is 45.4 Å². The maximum Gasteiger partial charge on any atom is 0.225 e. The molecule has 0 amide bonds. The first kappa shape index (κ1) is 15.6. The predicted octanol–water partition coefficient (Wildman–Crippen LogP) is 2.77. The molecule has 0 bridgehead atoms. The monoisotopic (exact) mass is 348 g/mol. The Hall–Kier alpha value is -1.31. The van der Waals surface area contributed by atoms with Gasteiger partial charge in [-0.25, -0.2) is 18.7 Å². The van der Waals surface area contributed by atoms with Gasteiger partial charge < -0.3 is 10.0 Å². The molecule has 1 saturated heterocycles. The number of alkyl halides is 1. The molecule has 0 saturated carbocycles. The van der Waals surface area contributed by atoms with Crippen LogP contribution in [0.2, 0.25) is 10.4 Å². The van der Waals surface area contributed by atoms with Crippen LogP contribution in [0.4, 0.5) is 14.6 Å². The third kappa shape index (κ3) is 2.68. The van der Waals surface area contributed by atoms with Gasteiger partial charge in [-0.15, -0.1) is 0 Å². The van der Waals surface area contributed by atoms with E-state index in [0.717, 1.165) is 0 Å². The van der Waals surface area contributed by atoms with Crippen LogP contribution in [0, 0.1) is 5.82 Å². The molecule has 3 heterocycles. The first-order valence-electron chi connectivity index (χ1n) is 6.64. The number of hydrogen-bond donors (Lipinski definition) is 1. The third-order valence-corrected chi connectivity index (χ3v) is 4.13. The fourth-order valence-corrected chi connectivity index (χ4v) is 2.94. The number of β-amino-alcohol motifs (C(OH)–C–C–N with tert-alkyl or cyclic N) is 1. The van der Waals surface area contributed by atoms with Crippen molar-refractivity contribution in [1.82, 2.24) is 15.0 Å². The number of aromatic nitrogens is 3. The number of aliphatic hydroxyl groups is 1. The summed E-state index contributed by atoms with van der Waals surface area (Å²) in [7, 11) is 0. The molecule has 3 rings (SSSR count). The molecule has 9 heteroatoms. The summed E-state index contributed by atoms with van der Waals surface area (Å²) in [6.07, 6.45) is 2.28. The van der Waals surface area contributed by atoms with E-state index in [2.05, 4.69) is 15.0 Å². The van der Waals surface area contributed by atoms with Crippen LogP contribution in [0.1, 0.15) is 12.8 Å². The average molecular weight is 349 g/mol. The summed E-state index contributed by atoms with van der Waals surface area (Å²) in [6, 6.07) is 0. The topological polar surface area (TPSA) is 62.1 Å². The molecule has 0 aromatic carbocycles. The second-order valence-electron chi connectivity index (χ2n) is 5.32. The molecule has 1 fully saturated rings. The van der Waals surface area contributed by atoms with Crippen molar-refractivity contribution >= 4 is 39.9 Å². The highest BCUT2D eigenvalue weighted by Crippen LogP contribution is 2.32. The molecule has 1 aliphatic heterocycles. The van der Waals surface area contributed by atoms with Gasteiger partial charge in [-0.2, -0.15) is 4.98 Å². The Kier molecular flexibility index (Phi) is 4.05. The molecule has 1 aliphatic rings. The minimum absolute atomic E-state index is 0.0379. The highest BCUT2D eigenvalue weighted by molar-refractivity contribution is 6.30. The van der Waals surface area contributed by atoms with Gasteiger partial charge in [0.1, 0.15) is 23.6 Å². The van der Waals surface area contributed by atoms with E-state index in [4.69, 9.17) is 23.2 Å². The van der Waals surface area contributed by atoms with Gasteiger partial charge in [0.05, 0.1) is 11.9 Å². The summed E-state index contributed by atoms with van der Waals surface area (Å²) in [5.74, 6) is -0.480. The number of nitrogens with zero attached hydrogens (tertiary/aromatic N) is 4. The standard InChI is InChI=1S/C13H12Cl2F2N4O/c14-10-8(17)9-7(4-18-10)11(20-12(15)19-9)21-3-1-2-13(22,5-16)6-21/h4,22H,1-3,5-6H2. The van der Waals surface area contributed by atoms with E-state index in [9.17, 15) is 13.9 Å². The second kappa shape index (κ2) is 5.72. The lowest BCUT2D eigenvalue weighted by atomic mass is 9.94. The first-order valence-corrected chi connectivity index (χ1v) is 7.40. The molecule has 22 heavy (non-hydrogen) atoms. The van der Waals surface area contributed by atoms with Crippen molar-refractivity contribution in [2.45, 2.75) is 18.4 Å². The van der Waals surface area contributed by atoms with Gasteiger partial charge in [-0.3, -0.25) is 0 Å². The van der Waals surface area contributed by atoms with Crippen molar-refractivity contribution in [1.29, 1.82) is 0 Å². The van der Waals surface area contributed by atoms with Crippen molar-refractivity contribution < 1.29 is 13.9 Å². The summed E-state index contributed by atoms with van der Waals surface area (Å²) < 4.78 is 27.1. The van der Waals surface area contributed by atoms with Crippen molar-refractivity contribution in [2.24, 2.45) is 0 Å². The molecule has 5 nitrogen and oxygen atoms in total. The summed E-state index contributed by atoms with van der Waals surface area (Å²) >= 11 is 11.5. The lowest BCUT2D eigenvalue weighted by molar-refractivity contribution is 0.00306. The average Bonchev–Trinajstić information content (AvgIpc) is 2.51. The molecule has 2 aromatic rings. The van der Waals surface area contributed by atoms with E-state index in [1.807, 2.05) is 0 Å².